The largest absolute Gasteiger partial charge is 0.394 e. The van der Waals surface area contributed by atoms with Crippen LogP contribution in [0.3, 0.4) is 0 Å². The molecule has 698 valence electrons. The molecular weight excluding hydrogens is 1720 g/mol. The van der Waals surface area contributed by atoms with Crippen LogP contribution in [0.25, 0.3) is 22.7 Å². The van der Waals surface area contributed by atoms with Gasteiger partial charge in [-0.3, -0.25) is 24.2 Å². The summed E-state index contributed by atoms with van der Waals surface area (Å²) in [4.78, 5) is 78.2. The molecule has 4 N–H and O–H groups in total. The Kier molecular flexibility index (Phi) is 28.5. The van der Waals surface area contributed by atoms with Gasteiger partial charge in [0.05, 0.1) is 98.7 Å². The number of halogens is 1. The molecule has 4 aliphatic carbocycles. The van der Waals surface area contributed by atoms with Gasteiger partial charge in [-0.1, -0.05) is 96.6 Å². The highest BCUT2D eigenvalue weighted by Gasteiger charge is 2.33. The SMILES string of the molecule is Cc1ccc([C@H](CO)n2cc(C3CC3)cc(Cc3ccc(-n4cnc(C)c4)c(C)c3)c2=O)c(F)c1.Cc1cccc([C@H](CO)n2cc(C3CC3)cc(Cc3ccc(-n4cnc(C)c4)c(C)c3)c2=O)c1.Cc1cn(-c2ccc(Cc3cc(C4CC4)cn([C@@H](CO)c4ccc(C)s4)c3=O)cc2C)cn1.Cc1cncc([C@H](CO)n2cc(C3CC3)cc(Cc3ccc(-n4cnc(C)c4)c(C)c3)c2=O)c1. The van der Waals surface area contributed by atoms with Gasteiger partial charge in [0, 0.05) is 148 Å². The summed E-state index contributed by atoms with van der Waals surface area (Å²) in [5.41, 5.74) is 29.4. The van der Waals surface area contributed by atoms with Crippen molar-refractivity contribution in [1.29, 1.82) is 0 Å². The molecule has 0 radical (unpaired) electrons. The van der Waals surface area contributed by atoms with Crippen molar-refractivity contribution in [3.05, 3.63) is 447 Å². The van der Waals surface area contributed by atoms with Crippen LogP contribution >= 0.6 is 11.3 Å². The first kappa shape index (κ1) is 94.4. The number of hydrogen-bond acceptors (Lipinski definition) is 14. The maximum absolute atomic E-state index is 14.8. The monoisotopic (exact) mass is 1840 g/mol. The Bertz CT molecular complexity index is 7110. The van der Waals surface area contributed by atoms with Crippen molar-refractivity contribution in [2.45, 2.75) is 208 Å². The normalized spacial score (nSPS) is 14.4. The van der Waals surface area contributed by atoms with Gasteiger partial charge in [-0.15, -0.1) is 11.3 Å². The van der Waals surface area contributed by atoms with Crippen molar-refractivity contribution in [3.8, 4) is 22.7 Å². The molecule has 10 aromatic heterocycles. The number of aliphatic hydroxyl groups excluding tert-OH is 4. The summed E-state index contributed by atoms with van der Waals surface area (Å²) in [6, 6.07) is 50.5. The molecule has 0 saturated heterocycles. The highest BCUT2D eigenvalue weighted by molar-refractivity contribution is 7.12. The van der Waals surface area contributed by atoms with Gasteiger partial charge in [-0.2, -0.15) is 0 Å². The van der Waals surface area contributed by atoms with E-state index < -0.39 is 23.9 Å². The molecule has 20 rings (SSSR count). The average molecular weight is 1840 g/mol. The first-order chi connectivity index (χ1) is 65.6. The Morgan fingerprint density at radius 3 is 0.963 bits per heavy atom. The lowest BCUT2D eigenvalue weighted by Gasteiger charge is -2.21. The Balaban J connectivity index is 0.000000126. The lowest BCUT2D eigenvalue weighted by atomic mass is 9.99. The zero-order chi connectivity index (χ0) is 95.4. The number of benzene rings is 6. The van der Waals surface area contributed by atoms with Crippen LogP contribution in [0, 0.1) is 88.9 Å². The highest BCUT2D eigenvalue weighted by atomic mass is 32.1. The zero-order valence-electron chi connectivity index (χ0n) is 79.5. The van der Waals surface area contributed by atoms with Crippen LogP contribution < -0.4 is 22.2 Å². The van der Waals surface area contributed by atoms with E-state index in [9.17, 15) is 44.0 Å². The van der Waals surface area contributed by atoms with Crippen molar-refractivity contribution in [2.75, 3.05) is 26.4 Å². The molecule has 16 aromatic rings. The van der Waals surface area contributed by atoms with Gasteiger partial charge < -0.3 is 57.0 Å². The fraction of sp³-hybridized carbons (Fsp3) is 0.319. The van der Waals surface area contributed by atoms with E-state index in [1.54, 1.807) is 49.8 Å². The second-order valence-corrected chi connectivity index (χ2v) is 39.3. The van der Waals surface area contributed by atoms with Crippen molar-refractivity contribution in [1.82, 2.24) is 61.5 Å². The quantitative estimate of drug-likeness (QED) is 0.0356. The van der Waals surface area contributed by atoms with Crippen molar-refractivity contribution < 1.29 is 24.8 Å². The van der Waals surface area contributed by atoms with Gasteiger partial charge >= 0.3 is 0 Å². The van der Waals surface area contributed by atoms with Gasteiger partial charge in [-0.25, -0.2) is 24.3 Å². The first-order valence-electron chi connectivity index (χ1n) is 47.3. The first-order valence-corrected chi connectivity index (χ1v) is 48.1. The smallest absolute Gasteiger partial charge is 0.254 e. The predicted molar refractivity (Wildman–Crippen MR) is 535 cm³/mol. The molecule has 0 amide bonds. The minimum atomic E-state index is -0.769. The molecule has 136 heavy (non-hydrogen) atoms. The number of aryl methyl sites for hydroxylation is 12. The molecule has 10 heterocycles. The maximum atomic E-state index is 14.8. The van der Waals surface area contributed by atoms with E-state index >= 15 is 0 Å². The Morgan fingerprint density at radius 2 is 0.669 bits per heavy atom. The molecule has 23 heteroatoms. The third kappa shape index (κ3) is 21.9. The van der Waals surface area contributed by atoms with Gasteiger partial charge in [0.15, 0.2) is 0 Å². The predicted octanol–water partition coefficient (Wildman–Crippen LogP) is 19.6. The third-order valence-electron chi connectivity index (χ3n) is 26.7. The molecule has 4 saturated carbocycles. The topological polar surface area (TPSA) is 253 Å². The second kappa shape index (κ2) is 41.0. The van der Waals surface area contributed by atoms with Gasteiger partial charge in [0.1, 0.15) is 5.82 Å². The van der Waals surface area contributed by atoms with Crippen molar-refractivity contribution in [3.63, 3.8) is 0 Å². The summed E-state index contributed by atoms with van der Waals surface area (Å²) in [5, 5.41) is 41.0. The number of imidazole rings is 4. The number of aliphatic hydroxyl groups is 4. The lowest BCUT2D eigenvalue weighted by molar-refractivity contribution is 0.243. The number of rotatable bonds is 28. The summed E-state index contributed by atoms with van der Waals surface area (Å²) in [6.07, 6.45) is 37.8. The minimum absolute atomic E-state index is 0.0172. The molecular formula is C113H120FN13O8S. The fourth-order valence-electron chi connectivity index (χ4n) is 18.8. The molecule has 4 fully saturated rings. The van der Waals surface area contributed by atoms with Crippen LogP contribution in [0.5, 0.6) is 0 Å². The van der Waals surface area contributed by atoms with Gasteiger partial charge in [-0.05, 0) is 314 Å². The van der Waals surface area contributed by atoms with E-state index in [4.69, 9.17) is 0 Å². The minimum Gasteiger partial charge on any atom is -0.394 e. The van der Waals surface area contributed by atoms with E-state index in [1.165, 1.54) is 32.2 Å². The highest BCUT2D eigenvalue weighted by Crippen LogP contribution is 2.45. The van der Waals surface area contributed by atoms with E-state index in [2.05, 4.69) is 144 Å². The zero-order valence-corrected chi connectivity index (χ0v) is 80.4. The maximum Gasteiger partial charge on any atom is 0.254 e. The molecule has 0 aliphatic heterocycles. The number of aromatic nitrogens is 13. The lowest BCUT2D eigenvalue weighted by Crippen LogP contribution is -2.31. The summed E-state index contributed by atoms with van der Waals surface area (Å²) in [6.45, 7) is 23.4. The van der Waals surface area contributed by atoms with E-state index in [0.717, 1.165) is 196 Å². The summed E-state index contributed by atoms with van der Waals surface area (Å²) >= 11 is 1.64. The molecule has 0 unspecified atom stereocenters. The van der Waals surface area contributed by atoms with E-state index in [0.29, 0.717) is 60.5 Å². The Morgan fingerprint density at radius 1 is 0.338 bits per heavy atom. The fourth-order valence-corrected chi connectivity index (χ4v) is 19.8. The third-order valence-corrected chi connectivity index (χ3v) is 27.8. The average Bonchev–Trinajstić information content (AvgIpc) is 1.72. The number of pyridine rings is 5. The van der Waals surface area contributed by atoms with Crippen LogP contribution in [0.4, 0.5) is 4.39 Å². The number of nitrogens with zero attached hydrogens (tertiary/aromatic N) is 13. The van der Waals surface area contributed by atoms with E-state index in [-0.39, 0.29) is 54.7 Å². The van der Waals surface area contributed by atoms with Gasteiger partial charge in [0.2, 0.25) is 0 Å². The molecule has 4 aliphatic rings. The second-order valence-electron chi connectivity index (χ2n) is 38.0. The summed E-state index contributed by atoms with van der Waals surface area (Å²) in [5.74, 6) is 1.53. The number of hydrogen-bond donors (Lipinski definition) is 4. The van der Waals surface area contributed by atoms with Crippen LogP contribution in [0.15, 0.2) is 264 Å². The standard InChI is InChI=1S/C29H30FN3O2.C29H31N3O2.C28H30N4O2.C27H29N3O2S/c1-18-4-8-25(26(30)10-18)28(16-34)33-15-24(22-6-7-22)13-23(29(33)35)12-21-5-9-27(19(2)11-21)32-14-20(3)31-17-32;1-19-5-4-6-24(11-19)28(17-33)32-16-26(23-8-9-23)14-25(29(32)34)13-22-7-10-27(20(2)12-22)31-15-21(3)30-18-31;1-18-8-24(13-29-12-18)27(16-33)32-15-25(22-5-6-22)11-23(28(32)34)10-21-4-7-26(19(2)9-21)31-14-20(3)30-17-31;1-17-10-20(5-8-24(17)29-13-18(2)28-16-29)11-22-12-23(21-6-7-21)14-30(27(22)32)25(15-31)26-9-4-19(3)33-26/h4-5,8-11,13-15,17,22,28,34H,6-7,12,16H2,1-3H3;4-7,10-12,14-16,18,23,28,33H,8-9,13,17H2,1-3H3;4,7-9,11-15,17,22,27,33H,5-6,10,16H2,1-3H3;4-5,8-10,12-14,16,21,25,31H,6-7,11,15H2,1-3H3/t2*28-;27-;25-/m0000/s1. The van der Waals surface area contributed by atoms with Crippen LogP contribution in [0.1, 0.15) is 254 Å². The van der Waals surface area contributed by atoms with Crippen LogP contribution in [0.2, 0.25) is 0 Å². The molecule has 0 bridgehead atoms. The summed E-state index contributed by atoms with van der Waals surface area (Å²) in [7, 11) is 0. The molecule has 6 aromatic carbocycles. The Hall–Kier alpha value is -13.4. The van der Waals surface area contributed by atoms with Crippen LogP contribution in [-0.2, 0) is 25.7 Å². The Labute approximate surface area is 797 Å². The van der Waals surface area contributed by atoms with E-state index in [1.807, 2.05) is 196 Å². The molecule has 4 atom stereocenters. The molecule has 21 nitrogen and oxygen atoms in total. The van der Waals surface area contributed by atoms with Crippen LogP contribution in [-0.4, -0.2) is 108 Å². The van der Waals surface area contributed by atoms with Crippen molar-refractivity contribution in [2.24, 2.45) is 0 Å². The van der Waals surface area contributed by atoms with Crippen molar-refractivity contribution >= 4 is 11.3 Å². The molecule has 0 spiro atoms. The number of thiophene rings is 1. The van der Waals surface area contributed by atoms with Gasteiger partial charge in [0.25, 0.3) is 22.2 Å². The summed E-state index contributed by atoms with van der Waals surface area (Å²) < 4.78 is 29.7.